The van der Waals surface area contributed by atoms with Gasteiger partial charge in [0, 0.05) is 34.9 Å². The molecule has 0 bridgehead atoms. The molecule has 0 atom stereocenters. The lowest BCUT2D eigenvalue weighted by Gasteiger charge is -2.16. The molecule has 1 amide bonds. The van der Waals surface area contributed by atoms with Crippen molar-refractivity contribution in [3.05, 3.63) is 62.8 Å². The number of thiophene rings is 1. The van der Waals surface area contributed by atoms with E-state index in [9.17, 15) is 4.79 Å². The minimum Gasteiger partial charge on any atom is -0.336 e. The van der Waals surface area contributed by atoms with Gasteiger partial charge in [0.2, 0.25) is 0 Å². The highest BCUT2D eigenvalue weighted by atomic mass is 35.5. The summed E-state index contributed by atoms with van der Waals surface area (Å²) in [5.41, 5.74) is 2.54. The summed E-state index contributed by atoms with van der Waals surface area (Å²) >= 11 is 9.08. The smallest absolute Gasteiger partial charge is 0.273 e. The molecule has 112 valence electrons. The summed E-state index contributed by atoms with van der Waals surface area (Å²) in [6, 6.07) is 9.53. The Kier molecular flexibility index (Phi) is 4.57. The topological polar surface area (TPSA) is 33.2 Å². The Labute approximate surface area is 141 Å². The molecule has 22 heavy (non-hydrogen) atoms. The Morgan fingerprint density at radius 3 is 2.91 bits per heavy atom. The van der Waals surface area contributed by atoms with Crippen molar-refractivity contribution in [3.63, 3.8) is 0 Å². The highest BCUT2D eigenvalue weighted by Gasteiger charge is 2.16. The highest BCUT2D eigenvalue weighted by molar-refractivity contribution is 7.14. The molecule has 0 spiro atoms. The third-order valence-electron chi connectivity index (χ3n) is 3.15. The van der Waals surface area contributed by atoms with Crippen LogP contribution in [-0.4, -0.2) is 22.8 Å². The maximum atomic E-state index is 12.5. The van der Waals surface area contributed by atoms with E-state index in [0.29, 0.717) is 17.3 Å². The highest BCUT2D eigenvalue weighted by Crippen LogP contribution is 2.26. The van der Waals surface area contributed by atoms with Crippen LogP contribution in [0.1, 0.15) is 16.1 Å². The summed E-state index contributed by atoms with van der Waals surface area (Å²) in [5, 5.41) is 7.39. The van der Waals surface area contributed by atoms with E-state index >= 15 is 0 Å². The summed E-state index contributed by atoms with van der Waals surface area (Å²) in [6.45, 7) is 0.505. The predicted octanol–water partition coefficient (Wildman–Crippen LogP) is 4.80. The summed E-state index contributed by atoms with van der Waals surface area (Å²) in [6.07, 6.45) is 0. The average molecular weight is 349 g/mol. The van der Waals surface area contributed by atoms with Crippen molar-refractivity contribution in [2.45, 2.75) is 6.54 Å². The lowest BCUT2D eigenvalue weighted by Crippen LogP contribution is -2.26. The zero-order chi connectivity index (χ0) is 15.5. The SMILES string of the molecule is CN(Cc1cccc(Cl)c1)C(=O)c1csc(-c2ccsc2)n1. The zero-order valence-electron chi connectivity index (χ0n) is 11.8. The van der Waals surface area contributed by atoms with Crippen LogP contribution in [0.15, 0.2) is 46.5 Å². The standard InChI is InChI=1S/C16H13ClN2OS2/c1-19(8-11-3-2-4-13(17)7-11)16(20)14-10-22-15(18-14)12-5-6-21-9-12/h2-7,9-10H,8H2,1H3. The van der Waals surface area contributed by atoms with Crippen molar-refractivity contribution in [1.29, 1.82) is 0 Å². The molecule has 2 aromatic heterocycles. The zero-order valence-corrected chi connectivity index (χ0v) is 14.2. The van der Waals surface area contributed by atoms with Gasteiger partial charge < -0.3 is 4.90 Å². The molecule has 6 heteroatoms. The largest absolute Gasteiger partial charge is 0.336 e. The maximum absolute atomic E-state index is 12.5. The molecule has 1 aromatic carbocycles. The fourth-order valence-corrected chi connectivity index (χ4v) is 3.79. The second-order valence-corrected chi connectivity index (χ2v) is 6.92. The number of aromatic nitrogens is 1. The molecule has 3 aromatic rings. The van der Waals surface area contributed by atoms with E-state index in [1.807, 2.05) is 46.5 Å². The number of thiazole rings is 1. The average Bonchev–Trinajstić information content (AvgIpc) is 3.17. The van der Waals surface area contributed by atoms with Crippen LogP contribution in [0.4, 0.5) is 0 Å². The van der Waals surface area contributed by atoms with Gasteiger partial charge in [-0.25, -0.2) is 4.98 Å². The molecule has 2 heterocycles. The lowest BCUT2D eigenvalue weighted by atomic mass is 10.2. The van der Waals surface area contributed by atoms with E-state index in [4.69, 9.17) is 11.6 Å². The van der Waals surface area contributed by atoms with Crippen LogP contribution < -0.4 is 0 Å². The first-order valence-electron chi connectivity index (χ1n) is 6.61. The Bertz CT molecular complexity index is 783. The van der Waals surface area contributed by atoms with Crippen LogP contribution in [0.5, 0.6) is 0 Å². The van der Waals surface area contributed by atoms with Gasteiger partial charge in [0.05, 0.1) is 0 Å². The van der Waals surface area contributed by atoms with Crippen LogP contribution in [0.3, 0.4) is 0 Å². The second-order valence-electron chi connectivity index (χ2n) is 4.84. The molecule has 0 saturated carbocycles. The Balaban J connectivity index is 1.73. The summed E-state index contributed by atoms with van der Waals surface area (Å²) < 4.78 is 0. The Morgan fingerprint density at radius 2 is 2.18 bits per heavy atom. The van der Waals surface area contributed by atoms with E-state index in [0.717, 1.165) is 16.1 Å². The molecule has 0 aliphatic carbocycles. The van der Waals surface area contributed by atoms with Crippen molar-refractivity contribution in [3.8, 4) is 10.6 Å². The monoisotopic (exact) mass is 348 g/mol. The summed E-state index contributed by atoms with van der Waals surface area (Å²) in [7, 11) is 1.77. The van der Waals surface area contributed by atoms with Gasteiger partial charge in [-0.3, -0.25) is 4.79 Å². The molecule has 3 rings (SSSR count). The fraction of sp³-hybridized carbons (Fsp3) is 0.125. The normalized spacial score (nSPS) is 10.6. The molecular formula is C16H13ClN2OS2. The number of benzene rings is 1. The minimum absolute atomic E-state index is 0.0855. The van der Waals surface area contributed by atoms with Gasteiger partial charge in [-0.15, -0.1) is 11.3 Å². The number of rotatable bonds is 4. The number of amides is 1. The number of halogens is 1. The van der Waals surface area contributed by atoms with Gasteiger partial charge in [-0.1, -0.05) is 23.7 Å². The fourth-order valence-electron chi connectivity index (χ4n) is 2.07. The van der Waals surface area contributed by atoms with Gasteiger partial charge in [-0.05, 0) is 29.1 Å². The van der Waals surface area contributed by atoms with Crippen molar-refractivity contribution in [1.82, 2.24) is 9.88 Å². The molecule has 0 saturated heterocycles. The van der Waals surface area contributed by atoms with Crippen molar-refractivity contribution in [2.24, 2.45) is 0 Å². The van der Waals surface area contributed by atoms with E-state index in [-0.39, 0.29) is 5.91 Å². The van der Waals surface area contributed by atoms with Crippen LogP contribution in [0.2, 0.25) is 5.02 Å². The maximum Gasteiger partial charge on any atom is 0.273 e. The van der Waals surface area contributed by atoms with E-state index < -0.39 is 0 Å². The Hall–Kier alpha value is -1.69. The number of nitrogens with zero attached hydrogens (tertiary/aromatic N) is 2. The molecule has 0 N–H and O–H groups in total. The van der Waals surface area contributed by atoms with Crippen molar-refractivity contribution < 1.29 is 4.79 Å². The quantitative estimate of drug-likeness (QED) is 0.678. The van der Waals surface area contributed by atoms with Gasteiger partial charge >= 0.3 is 0 Å². The number of carbonyl (C=O) groups excluding carboxylic acids is 1. The molecule has 3 nitrogen and oxygen atoms in total. The third-order valence-corrected chi connectivity index (χ3v) is 4.96. The first-order chi connectivity index (χ1) is 10.6. The third kappa shape index (κ3) is 3.38. The second kappa shape index (κ2) is 6.60. The number of carbonyl (C=O) groups is 1. The van der Waals surface area contributed by atoms with Crippen molar-refractivity contribution >= 4 is 40.2 Å². The van der Waals surface area contributed by atoms with Gasteiger partial charge in [0.25, 0.3) is 5.91 Å². The van der Waals surface area contributed by atoms with Crippen LogP contribution in [-0.2, 0) is 6.54 Å². The number of hydrogen-bond donors (Lipinski definition) is 0. The van der Waals surface area contributed by atoms with Crippen molar-refractivity contribution in [2.75, 3.05) is 7.05 Å². The van der Waals surface area contributed by atoms with Gasteiger partial charge in [0.1, 0.15) is 10.7 Å². The summed E-state index contributed by atoms with van der Waals surface area (Å²) in [5.74, 6) is -0.0855. The van der Waals surface area contributed by atoms with Crippen LogP contribution in [0.25, 0.3) is 10.6 Å². The number of hydrogen-bond acceptors (Lipinski definition) is 4. The molecule has 0 radical (unpaired) electrons. The molecule has 0 aliphatic rings. The summed E-state index contributed by atoms with van der Waals surface area (Å²) in [4.78, 5) is 18.5. The van der Waals surface area contributed by atoms with Gasteiger partial charge in [0.15, 0.2) is 0 Å². The first-order valence-corrected chi connectivity index (χ1v) is 8.81. The van der Waals surface area contributed by atoms with Gasteiger partial charge in [-0.2, -0.15) is 11.3 Å². The van der Waals surface area contributed by atoms with E-state index in [2.05, 4.69) is 4.98 Å². The van der Waals surface area contributed by atoms with E-state index in [1.165, 1.54) is 11.3 Å². The van der Waals surface area contributed by atoms with Crippen LogP contribution >= 0.6 is 34.3 Å². The molecule has 0 unspecified atom stereocenters. The lowest BCUT2D eigenvalue weighted by molar-refractivity contribution is 0.0780. The Morgan fingerprint density at radius 1 is 1.32 bits per heavy atom. The van der Waals surface area contributed by atoms with E-state index in [1.54, 1.807) is 23.3 Å². The molecular weight excluding hydrogens is 336 g/mol. The molecule has 0 aliphatic heterocycles. The molecule has 0 fully saturated rings. The predicted molar refractivity (Wildman–Crippen MR) is 92.7 cm³/mol. The van der Waals surface area contributed by atoms with Crippen LogP contribution in [0, 0.1) is 0 Å². The minimum atomic E-state index is -0.0855. The first kappa shape index (κ1) is 15.2.